The fourth-order valence-electron chi connectivity index (χ4n) is 3.60. The van der Waals surface area contributed by atoms with E-state index in [0.29, 0.717) is 23.4 Å². The second kappa shape index (κ2) is 7.20. The highest BCUT2D eigenvalue weighted by molar-refractivity contribution is 5.57. The van der Waals surface area contributed by atoms with Crippen molar-refractivity contribution in [1.82, 2.24) is 9.78 Å². The summed E-state index contributed by atoms with van der Waals surface area (Å²) in [5, 5.41) is 14.5. The first kappa shape index (κ1) is 17.8. The topological polar surface area (TPSA) is 76.9 Å². The van der Waals surface area contributed by atoms with Gasteiger partial charge in [0, 0.05) is 5.56 Å². The molecule has 3 aromatic rings. The number of hydrogen-bond acceptors (Lipinski definition) is 4. The number of aryl methyl sites for hydroxylation is 1. The largest absolute Gasteiger partial charge is 0.422 e. The second-order valence-electron chi connectivity index (χ2n) is 6.61. The number of nitrogens with two attached hydrogens (primary N) is 1. The first-order valence-electron chi connectivity index (χ1n) is 9.15. The molecule has 0 saturated carbocycles. The SMILES string of the molecule is CCCc1nn(-c2ccccc2)c2c1[C@@H](c1ccccc1F)C(C#N)=C(N)O2. The third-order valence-corrected chi connectivity index (χ3v) is 4.83. The van der Waals surface area contributed by atoms with E-state index in [9.17, 15) is 9.65 Å². The Morgan fingerprint density at radius 2 is 1.89 bits per heavy atom. The molecule has 0 spiro atoms. The predicted molar refractivity (Wildman–Crippen MR) is 103 cm³/mol. The maximum Gasteiger partial charge on any atom is 0.229 e. The van der Waals surface area contributed by atoms with Gasteiger partial charge in [0.1, 0.15) is 17.5 Å². The van der Waals surface area contributed by atoms with Gasteiger partial charge >= 0.3 is 0 Å². The van der Waals surface area contributed by atoms with Gasteiger partial charge in [-0.05, 0) is 24.6 Å². The number of fused-ring (bicyclic) bond motifs is 1. The molecule has 6 heteroatoms. The number of benzene rings is 2. The van der Waals surface area contributed by atoms with E-state index in [-0.39, 0.29) is 11.5 Å². The molecular weight excluding hydrogens is 355 g/mol. The molecule has 0 radical (unpaired) electrons. The molecule has 2 heterocycles. The average Bonchev–Trinajstić information content (AvgIpc) is 3.06. The Labute approximate surface area is 162 Å². The molecule has 0 saturated heterocycles. The van der Waals surface area contributed by atoms with Crippen LogP contribution in [0, 0.1) is 17.1 Å². The van der Waals surface area contributed by atoms with Crippen LogP contribution in [-0.4, -0.2) is 9.78 Å². The van der Waals surface area contributed by atoms with Gasteiger partial charge in [0.25, 0.3) is 0 Å². The summed E-state index contributed by atoms with van der Waals surface area (Å²) >= 11 is 0. The minimum Gasteiger partial charge on any atom is -0.422 e. The van der Waals surface area contributed by atoms with Crippen molar-refractivity contribution in [2.75, 3.05) is 0 Å². The van der Waals surface area contributed by atoms with Gasteiger partial charge in [-0.25, -0.2) is 9.07 Å². The molecule has 2 aromatic carbocycles. The number of para-hydroxylation sites is 1. The van der Waals surface area contributed by atoms with Gasteiger partial charge in [0.05, 0.1) is 22.9 Å². The number of nitrogens with zero attached hydrogens (tertiary/aromatic N) is 3. The molecule has 1 aromatic heterocycles. The minimum absolute atomic E-state index is 0.0246. The van der Waals surface area contributed by atoms with Gasteiger partial charge in [-0.1, -0.05) is 49.7 Å². The molecule has 1 atom stereocenters. The molecule has 28 heavy (non-hydrogen) atoms. The Morgan fingerprint density at radius 1 is 1.18 bits per heavy atom. The van der Waals surface area contributed by atoms with Crippen LogP contribution in [0.25, 0.3) is 5.69 Å². The van der Waals surface area contributed by atoms with Gasteiger partial charge in [0.2, 0.25) is 11.8 Å². The van der Waals surface area contributed by atoms with Crippen LogP contribution in [0.2, 0.25) is 0 Å². The number of rotatable bonds is 4. The fourth-order valence-corrected chi connectivity index (χ4v) is 3.60. The highest BCUT2D eigenvalue weighted by Gasteiger charge is 2.38. The number of halogens is 1. The molecule has 2 N–H and O–H groups in total. The Morgan fingerprint density at radius 3 is 2.57 bits per heavy atom. The van der Waals surface area contributed by atoms with Crippen molar-refractivity contribution in [3.8, 4) is 17.6 Å². The quantitative estimate of drug-likeness (QED) is 0.743. The van der Waals surface area contributed by atoms with E-state index < -0.39 is 11.7 Å². The molecule has 4 rings (SSSR count). The molecule has 140 valence electrons. The van der Waals surface area contributed by atoms with E-state index in [1.54, 1.807) is 22.9 Å². The van der Waals surface area contributed by atoms with Gasteiger partial charge in [-0.2, -0.15) is 10.4 Å². The predicted octanol–water partition coefficient (Wildman–Crippen LogP) is 4.18. The van der Waals surface area contributed by atoms with Crippen LogP contribution in [0.3, 0.4) is 0 Å². The van der Waals surface area contributed by atoms with E-state index in [0.717, 1.165) is 17.8 Å². The van der Waals surface area contributed by atoms with Crippen molar-refractivity contribution >= 4 is 0 Å². The van der Waals surface area contributed by atoms with Crippen molar-refractivity contribution < 1.29 is 9.13 Å². The zero-order valence-electron chi connectivity index (χ0n) is 15.4. The summed E-state index contributed by atoms with van der Waals surface area (Å²) in [5.41, 5.74) is 8.94. The molecular formula is C22H19FN4O. The molecule has 5 nitrogen and oxygen atoms in total. The number of nitriles is 1. The lowest BCUT2D eigenvalue weighted by atomic mass is 9.83. The summed E-state index contributed by atoms with van der Waals surface area (Å²) in [5.74, 6) is -0.646. The minimum atomic E-state index is -0.658. The van der Waals surface area contributed by atoms with Gasteiger partial charge in [-0.15, -0.1) is 0 Å². The van der Waals surface area contributed by atoms with E-state index >= 15 is 0 Å². The fraction of sp³-hybridized carbons (Fsp3) is 0.182. The first-order valence-corrected chi connectivity index (χ1v) is 9.15. The zero-order valence-corrected chi connectivity index (χ0v) is 15.4. The van der Waals surface area contributed by atoms with E-state index in [2.05, 4.69) is 6.07 Å². The number of allylic oxidation sites excluding steroid dienone is 1. The highest BCUT2D eigenvalue weighted by atomic mass is 19.1. The van der Waals surface area contributed by atoms with Crippen LogP contribution in [-0.2, 0) is 6.42 Å². The van der Waals surface area contributed by atoms with Crippen molar-refractivity contribution in [2.45, 2.75) is 25.7 Å². The monoisotopic (exact) mass is 374 g/mol. The number of hydrogen-bond donors (Lipinski definition) is 1. The van der Waals surface area contributed by atoms with Crippen LogP contribution < -0.4 is 10.5 Å². The van der Waals surface area contributed by atoms with Crippen LogP contribution in [0.1, 0.15) is 36.1 Å². The normalized spacial score (nSPS) is 15.7. The van der Waals surface area contributed by atoms with Crippen LogP contribution >= 0.6 is 0 Å². The van der Waals surface area contributed by atoms with E-state index in [1.165, 1.54) is 6.07 Å². The maximum absolute atomic E-state index is 14.7. The first-order chi connectivity index (χ1) is 13.7. The van der Waals surface area contributed by atoms with Crippen molar-refractivity contribution in [3.05, 3.63) is 88.7 Å². The van der Waals surface area contributed by atoms with Crippen molar-refractivity contribution in [2.24, 2.45) is 5.73 Å². The molecule has 0 aliphatic carbocycles. The molecule has 0 amide bonds. The third kappa shape index (κ3) is 2.81. The van der Waals surface area contributed by atoms with Crippen molar-refractivity contribution in [1.29, 1.82) is 5.26 Å². The van der Waals surface area contributed by atoms with Crippen LogP contribution in [0.5, 0.6) is 5.88 Å². The van der Waals surface area contributed by atoms with E-state index in [1.807, 2.05) is 37.3 Å². The Hall–Kier alpha value is -3.59. The van der Waals surface area contributed by atoms with Crippen LogP contribution in [0.4, 0.5) is 4.39 Å². The van der Waals surface area contributed by atoms with E-state index in [4.69, 9.17) is 15.6 Å². The standard InChI is InChI=1S/C22H19FN4O/c1-2-8-18-20-19(15-11-6-7-12-17(15)23)16(13-24)21(25)28-22(20)27(26-18)14-9-4-3-5-10-14/h3-7,9-12,19H,2,8,25H2,1H3/t19-/m0/s1. The smallest absolute Gasteiger partial charge is 0.229 e. The Bertz CT molecular complexity index is 1100. The maximum atomic E-state index is 14.7. The lowest BCUT2D eigenvalue weighted by Crippen LogP contribution is -2.22. The molecule has 0 unspecified atom stereocenters. The summed E-state index contributed by atoms with van der Waals surface area (Å²) < 4.78 is 22.2. The zero-order chi connectivity index (χ0) is 19.7. The summed E-state index contributed by atoms with van der Waals surface area (Å²) in [6.07, 6.45) is 1.53. The highest BCUT2D eigenvalue weighted by Crippen LogP contribution is 2.45. The molecule has 0 bridgehead atoms. The summed E-state index contributed by atoms with van der Waals surface area (Å²) in [7, 11) is 0. The van der Waals surface area contributed by atoms with Gasteiger partial charge in [-0.3, -0.25) is 0 Å². The lowest BCUT2D eigenvalue weighted by Gasteiger charge is -2.25. The Balaban J connectivity index is 2.01. The Kier molecular flexibility index (Phi) is 4.58. The van der Waals surface area contributed by atoms with Gasteiger partial charge < -0.3 is 10.5 Å². The van der Waals surface area contributed by atoms with Crippen LogP contribution in [0.15, 0.2) is 66.1 Å². The second-order valence-corrected chi connectivity index (χ2v) is 6.61. The van der Waals surface area contributed by atoms with Crippen molar-refractivity contribution in [3.63, 3.8) is 0 Å². The lowest BCUT2D eigenvalue weighted by molar-refractivity contribution is 0.366. The molecule has 1 aliphatic heterocycles. The molecule has 1 aliphatic rings. The summed E-state index contributed by atoms with van der Waals surface area (Å²) in [4.78, 5) is 0. The summed E-state index contributed by atoms with van der Waals surface area (Å²) in [6, 6.07) is 18.1. The number of ether oxygens (including phenoxy) is 1. The average molecular weight is 374 g/mol. The summed E-state index contributed by atoms with van der Waals surface area (Å²) in [6.45, 7) is 2.05. The van der Waals surface area contributed by atoms with Gasteiger partial charge in [0.15, 0.2) is 0 Å². The molecule has 0 fully saturated rings. The third-order valence-electron chi connectivity index (χ3n) is 4.83. The number of aromatic nitrogens is 2.